The van der Waals surface area contributed by atoms with Gasteiger partial charge < -0.3 is 28.7 Å². The number of amides is 2. The molecule has 0 radical (unpaired) electrons. The van der Waals surface area contributed by atoms with Crippen molar-refractivity contribution in [3.63, 3.8) is 0 Å². The second-order valence-corrected chi connectivity index (χ2v) is 35.7. The van der Waals surface area contributed by atoms with Crippen molar-refractivity contribution in [1.82, 2.24) is 38.5 Å². The van der Waals surface area contributed by atoms with E-state index in [4.69, 9.17) is 78.2 Å². The van der Waals surface area contributed by atoms with Crippen molar-refractivity contribution in [2.75, 3.05) is 94.9 Å². The Kier molecular flexibility index (Phi) is 43.2. The average molecular weight is 1760 g/mol. The highest BCUT2D eigenvalue weighted by Gasteiger charge is 2.22. The second-order valence-electron chi connectivity index (χ2n) is 26.7. The lowest BCUT2D eigenvalue weighted by molar-refractivity contribution is -0.132. The van der Waals surface area contributed by atoms with Gasteiger partial charge in [-0.2, -0.15) is 9.44 Å². The summed E-state index contributed by atoms with van der Waals surface area (Å²) in [6.07, 6.45) is 19.7. The van der Waals surface area contributed by atoms with Gasteiger partial charge >= 0.3 is 0 Å². The molecular weight excluding hydrogens is 1650 g/mol. The molecule has 0 atom stereocenters. The number of benzene rings is 8. The van der Waals surface area contributed by atoms with Gasteiger partial charge in [0.05, 0.1) is 61.1 Å². The highest BCUT2D eigenvalue weighted by atomic mass is 35.5. The molecule has 2 amide bonds. The van der Waals surface area contributed by atoms with Crippen molar-refractivity contribution in [3.8, 4) is 47.7 Å². The fraction of sp³-hybridized carbons (Fsp3) is 0.356. The minimum Gasteiger partial charge on any atom is -0.496 e. The van der Waals surface area contributed by atoms with Crippen molar-refractivity contribution in [2.24, 2.45) is 0 Å². The maximum Gasteiger partial charge on any atom is 0.246 e. The van der Waals surface area contributed by atoms with E-state index in [0.29, 0.717) is 77.0 Å². The van der Waals surface area contributed by atoms with Gasteiger partial charge in [-0.1, -0.05) is 147 Å². The smallest absolute Gasteiger partial charge is 0.246 e. The van der Waals surface area contributed by atoms with E-state index in [1.807, 2.05) is 71.6 Å². The van der Waals surface area contributed by atoms with Crippen molar-refractivity contribution in [1.29, 1.82) is 0 Å². The van der Waals surface area contributed by atoms with Gasteiger partial charge in [0, 0.05) is 101 Å². The zero-order chi connectivity index (χ0) is 86.1. The van der Waals surface area contributed by atoms with Crippen LogP contribution in [0.1, 0.15) is 104 Å². The normalized spacial score (nSPS) is 11.3. The van der Waals surface area contributed by atoms with Crippen LogP contribution >= 0.6 is 46.4 Å². The molecule has 0 aliphatic carbocycles. The topological polar surface area (TPSA) is 269 Å². The van der Waals surface area contributed by atoms with E-state index in [2.05, 4.69) is 67.9 Å². The number of sulfonamides is 4. The molecule has 632 valence electrons. The van der Waals surface area contributed by atoms with Gasteiger partial charge in [0.15, 0.2) is 0 Å². The maximum absolute atomic E-state index is 12.9. The van der Waals surface area contributed by atoms with Crippen LogP contribution in [0, 0.1) is 24.7 Å². The van der Waals surface area contributed by atoms with E-state index in [1.54, 1.807) is 124 Å². The summed E-state index contributed by atoms with van der Waals surface area (Å²) in [5, 5.41) is 2.53. The Balaban J connectivity index is 0.000000278. The average Bonchev–Trinajstić information content (AvgIpc) is 0.841. The first-order valence-corrected chi connectivity index (χ1v) is 45.4. The summed E-state index contributed by atoms with van der Waals surface area (Å²) in [4.78, 5) is 34.2. The first-order chi connectivity index (χ1) is 55.9. The van der Waals surface area contributed by atoms with E-state index < -0.39 is 40.1 Å². The van der Waals surface area contributed by atoms with Crippen LogP contribution in [-0.2, 0) is 102 Å². The summed E-state index contributed by atoms with van der Waals surface area (Å²) in [6, 6.07) is 49.0. The Morgan fingerprint density at radius 2 is 0.692 bits per heavy atom. The number of unbranched alkanes of at least 4 members (excludes halogenated alkanes) is 2. The Labute approximate surface area is 714 Å². The molecule has 0 bridgehead atoms. The molecule has 0 fully saturated rings. The van der Waals surface area contributed by atoms with Crippen LogP contribution in [0.4, 0.5) is 0 Å². The predicted molar refractivity (Wildman–Crippen MR) is 469 cm³/mol. The Bertz CT molecular complexity index is 5040. The third-order valence-electron chi connectivity index (χ3n) is 18.4. The third kappa shape index (κ3) is 33.7. The van der Waals surface area contributed by atoms with Crippen molar-refractivity contribution < 1.29 is 62.2 Å². The molecule has 0 spiro atoms. The molecular formula is C87H108Cl4N8O14S4. The van der Waals surface area contributed by atoms with Crippen LogP contribution in [0.25, 0.3) is 0 Å². The second kappa shape index (κ2) is 51.1. The summed E-state index contributed by atoms with van der Waals surface area (Å²) < 4.78 is 127. The van der Waals surface area contributed by atoms with Gasteiger partial charge in [0.2, 0.25) is 51.9 Å². The lowest BCUT2D eigenvalue weighted by Crippen LogP contribution is -2.32. The maximum atomic E-state index is 12.9. The molecule has 0 unspecified atom stereocenters. The standard InChI is InChI=1S/C23H31ClN2O4S.C22H23ClN2O4S.C22H27ClN2O3S.C20H27ClN2O3S/c1-4-5-6-7-23(27)26(17-19-16-20(24)10-13-22(19)30-3)15-14-18-8-11-21(12-9-18)31(28,29)25-2;1-4-13-24-30(27,28)20-9-6-17(7-10-20)12-14-25(22(26)5-2)16-18-15-19(23)8-11-21(18)29-3;1-4-13-24-29(26,27)21-9-6-18(7-10-21)12-15-25(14-5-2)17-19-16-20(23)8-11-22(19)28-3;1-4-12-23(15-17-14-18(21)7-10-20(17)26-3)13-11-16-5-8-19(9-6-16)27(24,25)22-2/h8-13,16,25H,4-7,14-15,17H2,1-3H3;1,5-11,15,24H,2,12-14,16H2,3H3;1,6-11,16,24H,5,12-15,17H2,2-3H3;5-10,14,22H,4,11-13,15H2,1-3H3. The lowest BCUT2D eigenvalue weighted by Gasteiger charge is -2.24. The zero-order valence-electron chi connectivity index (χ0n) is 67.8. The molecule has 8 aromatic carbocycles. The van der Waals surface area contributed by atoms with Gasteiger partial charge in [0.1, 0.15) is 23.0 Å². The third-order valence-corrected chi connectivity index (χ3v) is 25.0. The summed E-state index contributed by atoms with van der Waals surface area (Å²) in [7, 11) is -4.78. The number of nitrogens with one attached hydrogen (secondary N) is 4. The van der Waals surface area contributed by atoms with E-state index in [0.717, 1.165) is 140 Å². The summed E-state index contributed by atoms with van der Waals surface area (Å²) in [5.41, 5.74) is 7.76. The molecule has 0 saturated carbocycles. The zero-order valence-corrected chi connectivity index (χ0v) is 74.1. The minimum absolute atomic E-state index is 0.0248. The molecule has 0 aliphatic rings. The number of hydrogen-bond donors (Lipinski definition) is 4. The summed E-state index contributed by atoms with van der Waals surface area (Å²) in [6.45, 7) is 16.6. The number of methoxy groups -OCH3 is 4. The van der Waals surface area contributed by atoms with Crippen LogP contribution in [-0.4, -0.2) is 160 Å². The molecule has 0 aromatic heterocycles. The number of nitrogens with zero attached hydrogens (tertiary/aromatic N) is 4. The number of ether oxygens (including phenoxy) is 4. The molecule has 8 aromatic rings. The molecule has 117 heavy (non-hydrogen) atoms. The first-order valence-electron chi connectivity index (χ1n) is 37.9. The van der Waals surface area contributed by atoms with Gasteiger partial charge in [-0.3, -0.25) is 19.4 Å². The Morgan fingerprint density at radius 3 is 0.974 bits per heavy atom. The number of hydrogen-bond acceptors (Lipinski definition) is 16. The SMILES string of the molecule is C#CCNS(=O)(=O)c1ccc(CCN(CCC)Cc2cc(Cl)ccc2OC)cc1.C#CCNS(=O)(=O)c1ccc(CCN(Cc2cc(Cl)ccc2OC)C(=O)C=C)cc1.CCCCCC(=O)N(CCc1ccc(S(=O)(=O)NC)cc1)Cc1cc(Cl)ccc1OC.CCCN(CCc1ccc(S(=O)(=O)NC)cc1)Cc1cc(Cl)ccc1OC. The van der Waals surface area contributed by atoms with E-state index >= 15 is 0 Å². The Hall–Kier alpha value is -8.52. The fourth-order valence-corrected chi connectivity index (χ4v) is 16.1. The highest BCUT2D eigenvalue weighted by molar-refractivity contribution is 7.90. The van der Waals surface area contributed by atoms with Gasteiger partial charge in [0.25, 0.3) is 0 Å². The monoisotopic (exact) mass is 1760 g/mol. The van der Waals surface area contributed by atoms with Crippen LogP contribution in [0.15, 0.2) is 202 Å². The fourth-order valence-electron chi connectivity index (χ4n) is 12.0. The number of carbonyl (C=O) groups is 2. The highest BCUT2D eigenvalue weighted by Crippen LogP contribution is 2.30. The Morgan fingerprint density at radius 1 is 0.402 bits per heavy atom. The number of terminal acetylenes is 2. The van der Waals surface area contributed by atoms with Gasteiger partial charge in [-0.25, -0.2) is 43.1 Å². The van der Waals surface area contributed by atoms with Crippen LogP contribution in [0.3, 0.4) is 0 Å². The van der Waals surface area contributed by atoms with Gasteiger partial charge in [-0.15, -0.1) is 12.8 Å². The number of carbonyl (C=O) groups excluding carboxylic acids is 2. The molecule has 22 nitrogen and oxygen atoms in total. The van der Waals surface area contributed by atoms with Crippen molar-refractivity contribution >= 4 is 98.3 Å². The quantitative estimate of drug-likeness (QED) is 0.0157. The summed E-state index contributed by atoms with van der Waals surface area (Å²) >= 11 is 24.5. The predicted octanol–water partition coefficient (Wildman–Crippen LogP) is 14.9. The van der Waals surface area contributed by atoms with E-state index in [1.165, 1.54) is 32.3 Å². The molecule has 0 aliphatic heterocycles. The molecule has 0 saturated heterocycles. The summed E-state index contributed by atoms with van der Waals surface area (Å²) in [5.74, 6) is 7.35. The van der Waals surface area contributed by atoms with Crippen LogP contribution in [0.2, 0.25) is 20.1 Å². The molecule has 4 N–H and O–H groups in total. The number of rotatable bonds is 43. The van der Waals surface area contributed by atoms with Crippen molar-refractivity contribution in [2.45, 2.75) is 131 Å². The molecule has 8 rings (SSSR count). The van der Waals surface area contributed by atoms with Gasteiger partial charge in [-0.05, 0) is 222 Å². The number of halogens is 4. The van der Waals surface area contributed by atoms with Crippen LogP contribution < -0.4 is 37.8 Å². The van der Waals surface area contributed by atoms with E-state index in [-0.39, 0.29) is 44.5 Å². The van der Waals surface area contributed by atoms with Crippen LogP contribution in [0.5, 0.6) is 23.0 Å². The minimum atomic E-state index is -3.64. The molecule has 0 heterocycles. The van der Waals surface area contributed by atoms with E-state index in [9.17, 15) is 43.3 Å². The molecule has 30 heteroatoms. The van der Waals surface area contributed by atoms with Crippen molar-refractivity contribution in [3.05, 3.63) is 247 Å². The lowest BCUT2D eigenvalue weighted by atomic mass is 10.1. The largest absolute Gasteiger partial charge is 0.496 e. The first kappa shape index (κ1) is 99.0.